The number of nitrogens with zero attached hydrogens (tertiary/aromatic N) is 1. The number of benzene rings is 2. The lowest BCUT2D eigenvalue weighted by Gasteiger charge is -2.39. The lowest BCUT2D eigenvalue weighted by molar-refractivity contribution is -0.140. The molecule has 1 N–H and O–H groups in total. The maximum Gasteiger partial charge on any atom is 0.227 e. The Kier molecular flexibility index (Phi) is 6.52. The second-order valence-corrected chi connectivity index (χ2v) is 7.81. The van der Waals surface area contributed by atoms with Crippen LogP contribution in [0.25, 0.3) is 0 Å². The number of nitrogens with one attached hydrogen (secondary N) is 1. The number of amides is 2. The highest BCUT2D eigenvalue weighted by molar-refractivity contribution is 5.84. The van der Waals surface area contributed by atoms with Gasteiger partial charge in [-0.3, -0.25) is 9.59 Å². The Morgan fingerprint density at radius 3 is 2.41 bits per heavy atom. The summed E-state index contributed by atoms with van der Waals surface area (Å²) in [6.07, 6.45) is 1.73. The van der Waals surface area contributed by atoms with Crippen molar-refractivity contribution in [3.05, 3.63) is 65.5 Å². The lowest BCUT2D eigenvalue weighted by Crippen LogP contribution is -2.52. The van der Waals surface area contributed by atoms with E-state index < -0.39 is 5.41 Å². The third-order valence-electron chi connectivity index (χ3n) is 5.48. The number of carbonyl (C=O) groups is 2. The number of methoxy groups -OCH3 is 1. The molecule has 29 heavy (non-hydrogen) atoms. The van der Waals surface area contributed by atoms with Gasteiger partial charge in [0.05, 0.1) is 18.9 Å². The van der Waals surface area contributed by atoms with Crippen molar-refractivity contribution in [3.63, 3.8) is 0 Å². The van der Waals surface area contributed by atoms with Crippen LogP contribution in [-0.4, -0.2) is 36.9 Å². The van der Waals surface area contributed by atoms with Crippen LogP contribution in [0.5, 0.6) is 5.75 Å². The monoisotopic (exact) mass is 398 g/mol. The molecule has 2 aromatic carbocycles. The summed E-state index contributed by atoms with van der Waals surface area (Å²) in [6, 6.07) is 13.5. The Morgan fingerprint density at radius 1 is 1.10 bits per heavy atom. The molecule has 2 aromatic rings. The predicted molar refractivity (Wildman–Crippen MR) is 109 cm³/mol. The quantitative estimate of drug-likeness (QED) is 0.812. The molecule has 6 heteroatoms. The van der Waals surface area contributed by atoms with Crippen LogP contribution in [0.4, 0.5) is 4.39 Å². The summed E-state index contributed by atoms with van der Waals surface area (Å²) in [4.78, 5) is 27.3. The highest BCUT2D eigenvalue weighted by Crippen LogP contribution is 2.30. The van der Waals surface area contributed by atoms with Gasteiger partial charge in [0.15, 0.2) is 0 Å². The van der Waals surface area contributed by atoms with Gasteiger partial charge in [0, 0.05) is 19.6 Å². The van der Waals surface area contributed by atoms with Crippen LogP contribution in [0.1, 0.15) is 30.9 Å². The van der Waals surface area contributed by atoms with E-state index >= 15 is 0 Å². The predicted octanol–water partition coefficient (Wildman–Crippen LogP) is 3.32. The molecule has 1 aliphatic rings. The lowest BCUT2D eigenvalue weighted by atomic mass is 9.80. The van der Waals surface area contributed by atoms with Crippen LogP contribution in [0.3, 0.4) is 0 Å². The summed E-state index contributed by atoms with van der Waals surface area (Å²) in [6.45, 7) is 3.37. The first-order valence-electron chi connectivity index (χ1n) is 9.83. The molecule has 1 atom stereocenters. The smallest absolute Gasteiger partial charge is 0.227 e. The molecule has 1 saturated heterocycles. The summed E-state index contributed by atoms with van der Waals surface area (Å²) >= 11 is 0. The van der Waals surface area contributed by atoms with Crippen molar-refractivity contribution in [1.29, 1.82) is 0 Å². The van der Waals surface area contributed by atoms with E-state index in [0.717, 1.165) is 29.7 Å². The van der Waals surface area contributed by atoms with Crippen molar-refractivity contribution >= 4 is 11.8 Å². The molecular formula is C23H27FN2O3. The van der Waals surface area contributed by atoms with Crippen LogP contribution >= 0.6 is 0 Å². The normalized spacial score (nSPS) is 18.9. The number of piperidine rings is 1. The summed E-state index contributed by atoms with van der Waals surface area (Å²) in [5.74, 6) is 0.369. The van der Waals surface area contributed by atoms with E-state index in [2.05, 4.69) is 5.32 Å². The summed E-state index contributed by atoms with van der Waals surface area (Å²) in [5, 5.41) is 3.00. The molecule has 0 aromatic heterocycles. The zero-order valence-corrected chi connectivity index (χ0v) is 16.9. The van der Waals surface area contributed by atoms with E-state index in [0.29, 0.717) is 19.6 Å². The van der Waals surface area contributed by atoms with Crippen molar-refractivity contribution in [2.75, 3.05) is 20.2 Å². The molecule has 1 fully saturated rings. The molecule has 0 bridgehead atoms. The third-order valence-corrected chi connectivity index (χ3v) is 5.48. The van der Waals surface area contributed by atoms with Gasteiger partial charge in [-0.05, 0) is 55.2 Å². The first-order valence-corrected chi connectivity index (χ1v) is 9.83. The van der Waals surface area contributed by atoms with E-state index in [1.807, 2.05) is 31.2 Å². The maximum absolute atomic E-state index is 13.1. The minimum absolute atomic E-state index is 0.0366. The van der Waals surface area contributed by atoms with Gasteiger partial charge < -0.3 is 15.0 Å². The molecule has 5 nitrogen and oxygen atoms in total. The molecule has 0 saturated carbocycles. The van der Waals surface area contributed by atoms with E-state index in [9.17, 15) is 14.0 Å². The van der Waals surface area contributed by atoms with Gasteiger partial charge >= 0.3 is 0 Å². The molecular weight excluding hydrogens is 371 g/mol. The second-order valence-electron chi connectivity index (χ2n) is 7.81. The van der Waals surface area contributed by atoms with Crippen LogP contribution in [0.15, 0.2) is 48.5 Å². The van der Waals surface area contributed by atoms with Crippen molar-refractivity contribution < 1.29 is 18.7 Å². The minimum Gasteiger partial charge on any atom is -0.497 e. The first-order chi connectivity index (χ1) is 13.9. The van der Waals surface area contributed by atoms with Gasteiger partial charge in [0.2, 0.25) is 11.8 Å². The number of rotatable bonds is 6. The van der Waals surface area contributed by atoms with Crippen molar-refractivity contribution in [3.8, 4) is 5.75 Å². The molecule has 1 aliphatic heterocycles. The number of hydrogen-bond donors (Lipinski definition) is 1. The number of carbonyl (C=O) groups excluding carboxylic acids is 2. The van der Waals surface area contributed by atoms with Crippen LogP contribution in [-0.2, 0) is 22.6 Å². The van der Waals surface area contributed by atoms with E-state index in [1.54, 1.807) is 24.1 Å². The summed E-state index contributed by atoms with van der Waals surface area (Å²) < 4.78 is 18.2. The fourth-order valence-corrected chi connectivity index (χ4v) is 3.67. The Balaban J connectivity index is 1.57. The number of ether oxygens (including phenoxy) is 1. The fraction of sp³-hybridized carbons (Fsp3) is 0.391. The highest BCUT2D eigenvalue weighted by Gasteiger charge is 2.39. The van der Waals surface area contributed by atoms with E-state index in [-0.39, 0.29) is 24.1 Å². The zero-order valence-electron chi connectivity index (χ0n) is 16.9. The van der Waals surface area contributed by atoms with Crippen molar-refractivity contribution in [2.45, 2.75) is 32.7 Å². The standard InChI is InChI=1S/C23H27FN2O3/c1-23(22(28)25-15-18-6-10-20(29-2)11-7-18)12-3-13-26(16-23)21(27)14-17-4-8-19(24)9-5-17/h4-11H,3,12-16H2,1-2H3,(H,25,28). The van der Waals surface area contributed by atoms with Gasteiger partial charge in [-0.2, -0.15) is 0 Å². The molecule has 3 rings (SSSR count). The third kappa shape index (κ3) is 5.34. The van der Waals surface area contributed by atoms with Crippen molar-refractivity contribution in [2.24, 2.45) is 5.41 Å². The Morgan fingerprint density at radius 2 is 1.76 bits per heavy atom. The zero-order chi connectivity index (χ0) is 20.9. The molecule has 1 heterocycles. The van der Waals surface area contributed by atoms with Gasteiger partial charge in [0.1, 0.15) is 11.6 Å². The van der Waals surface area contributed by atoms with Crippen molar-refractivity contribution in [1.82, 2.24) is 10.2 Å². The Labute approximate surface area is 170 Å². The van der Waals surface area contributed by atoms with Crippen LogP contribution in [0, 0.1) is 11.2 Å². The fourth-order valence-electron chi connectivity index (χ4n) is 3.67. The first kappa shape index (κ1) is 20.8. The molecule has 0 spiro atoms. The number of halogens is 1. The largest absolute Gasteiger partial charge is 0.497 e. The summed E-state index contributed by atoms with van der Waals surface area (Å²) in [5.41, 5.74) is 1.14. The molecule has 0 aliphatic carbocycles. The Bertz CT molecular complexity index is 851. The van der Waals surface area contributed by atoms with E-state index in [4.69, 9.17) is 4.74 Å². The SMILES string of the molecule is COc1ccc(CNC(=O)C2(C)CCCN(C(=O)Cc3ccc(F)cc3)C2)cc1. The topological polar surface area (TPSA) is 58.6 Å². The molecule has 2 amide bonds. The molecule has 154 valence electrons. The molecule has 0 radical (unpaired) electrons. The second kappa shape index (κ2) is 9.07. The maximum atomic E-state index is 13.1. The number of hydrogen-bond acceptors (Lipinski definition) is 3. The van der Waals surface area contributed by atoms with Gasteiger partial charge in [0.25, 0.3) is 0 Å². The average molecular weight is 398 g/mol. The van der Waals surface area contributed by atoms with Crippen LogP contribution in [0.2, 0.25) is 0 Å². The average Bonchev–Trinajstić information content (AvgIpc) is 2.74. The molecule has 1 unspecified atom stereocenters. The van der Waals surface area contributed by atoms with Gasteiger partial charge in [-0.15, -0.1) is 0 Å². The highest BCUT2D eigenvalue weighted by atomic mass is 19.1. The minimum atomic E-state index is -0.622. The van der Waals surface area contributed by atoms with E-state index in [1.165, 1.54) is 12.1 Å². The Hall–Kier alpha value is -2.89. The summed E-state index contributed by atoms with van der Waals surface area (Å²) in [7, 11) is 1.61. The van der Waals surface area contributed by atoms with Gasteiger partial charge in [-0.25, -0.2) is 4.39 Å². The number of likely N-dealkylation sites (tertiary alicyclic amines) is 1. The van der Waals surface area contributed by atoms with Gasteiger partial charge in [-0.1, -0.05) is 24.3 Å². The van der Waals surface area contributed by atoms with Crippen LogP contribution < -0.4 is 10.1 Å².